The van der Waals surface area contributed by atoms with Crippen molar-refractivity contribution in [2.45, 2.75) is 12.7 Å². The van der Waals surface area contributed by atoms with Crippen LogP contribution in [-0.2, 0) is 12.7 Å². The number of thiophene rings is 1. The number of nitrogens with zero attached hydrogens (tertiary/aromatic N) is 1. The second-order valence-corrected chi connectivity index (χ2v) is 5.00. The van der Waals surface area contributed by atoms with Crippen molar-refractivity contribution in [1.82, 2.24) is 9.99 Å². The summed E-state index contributed by atoms with van der Waals surface area (Å²) in [6, 6.07) is 4.37. The van der Waals surface area contributed by atoms with Gasteiger partial charge in [-0.25, -0.2) is 5.84 Å². The molecular formula is C12H10F3N3O2S. The third kappa shape index (κ3) is 3.14. The summed E-state index contributed by atoms with van der Waals surface area (Å²) in [6.07, 6.45) is -4.66. The Morgan fingerprint density at radius 1 is 1.33 bits per heavy atom. The fourth-order valence-corrected chi connectivity index (χ4v) is 2.64. The fourth-order valence-electron chi connectivity index (χ4n) is 1.83. The molecule has 2 aromatic heterocycles. The first-order chi connectivity index (χ1) is 9.84. The van der Waals surface area contributed by atoms with Gasteiger partial charge in [0.25, 0.3) is 11.5 Å². The number of nitrogen functional groups attached to an aromatic ring is 1. The molecule has 2 rings (SSSR count). The largest absolute Gasteiger partial charge is 0.431 e. The van der Waals surface area contributed by atoms with Gasteiger partial charge in [-0.2, -0.15) is 13.2 Å². The zero-order valence-electron chi connectivity index (χ0n) is 10.5. The van der Waals surface area contributed by atoms with Crippen molar-refractivity contribution in [2.75, 3.05) is 0 Å². The molecule has 0 unspecified atom stereocenters. The van der Waals surface area contributed by atoms with Gasteiger partial charge in [0.05, 0.1) is 11.4 Å². The molecule has 0 bridgehead atoms. The lowest BCUT2D eigenvalue weighted by Crippen LogP contribution is -2.31. The smallest absolute Gasteiger partial charge is 0.300 e. The van der Waals surface area contributed by atoms with E-state index in [-0.39, 0.29) is 11.4 Å². The number of carbonyl (C=O) groups is 1. The molecule has 0 aliphatic rings. The highest BCUT2D eigenvalue weighted by molar-refractivity contribution is 7.12. The molecule has 0 aliphatic carbocycles. The maximum absolute atomic E-state index is 12.9. The van der Waals surface area contributed by atoms with Gasteiger partial charge in [-0.3, -0.25) is 19.6 Å². The number of hydrogen-bond acceptors (Lipinski definition) is 4. The van der Waals surface area contributed by atoms with Gasteiger partial charge < -0.3 is 0 Å². The van der Waals surface area contributed by atoms with E-state index >= 15 is 0 Å². The molecule has 2 aromatic rings. The molecule has 0 aromatic carbocycles. The Hall–Kier alpha value is -2.13. The minimum atomic E-state index is -4.66. The van der Waals surface area contributed by atoms with Gasteiger partial charge in [0.2, 0.25) is 0 Å². The van der Waals surface area contributed by atoms with Crippen LogP contribution in [0.3, 0.4) is 0 Å². The summed E-state index contributed by atoms with van der Waals surface area (Å²) in [4.78, 5) is 23.4. The second kappa shape index (κ2) is 5.70. The second-order valence-electron chi connectivity index (χ2n) is 4.08. The Morgan fingerprint density at radius 2 is 2.05 bits per heavy atom. The van der Waals surface area contributed by atoms with Crippen LogP contribution in [0.4, 0.5) is 13.2 Å². The third-order valence-corrected chi connectivity index (χ3v) is 3.71. The van der Waals surface area contributed by atoms with Crippen LogP contribution in [0, 0.1) is 0 Å². The van der Waals surface area contributed by atoms with Crippen LogP contribution in [-0.4, -0.2) is 10.5 Å². The SMILES string of the molecule is NNC(=O)c1sccc1Cn1c(C(F)(F)F)cccc1=O. The predicted molar refractivity (Wildman–Crippen MR) is 70.8 cm³/mol. The van der Waals surface area contributed by atoms with Crippen molar-refractivity contribution in [2.24, 2.45) is 5.84 Å². The normalized spacial score (nSPS) is 11.4. The minimum Gasteiger partial charge on any atom is -0.300 e. The lowest BCUT2D eigenvalue weighted by Gasteiger charge is -2.15. The van der Waals surface area contributed by atoms with E-state index in [0.717, 1.165) is 29.5 Å². The maximum Gasteiger partial charge on any atom is 0.431 e. The first kappa shape index (κ1) is 15.3. The Balaban J connectivity index is 2.48. The number of amides is 1. The van der Waals surface area contributed by atoms with Gasteiger partial charge in [-0.1, -0.05) is 6.07 Å². The number of nitrogens with one attached hydrogen (secondary N) is 1. The zero-order valence-corrected chi connectivity index (χ0v) is 11.3. The van der Waals surface area contributed by atoms with Crippen LogP contribution in [0.2, 0.25) is 0 Å². The topological polar surface area (TPSA) is 77.1 Å². The van der Waals surface area contributed by atoms with E-state index in [4.69, 9.17) is 5.84 Å². The van der Waals surface area contributed by atoms with Crippen LogP contribution < -0.4 is 16.8 Å². The minimum absolute atomic E-state index is 0.168. The van der Waals surface area contributed by atoms with Crippen molar-refractivity contribution >= 4 is 17.2 Å². The Kier molecular flexibility index (Phi) is 4.14. The van der Waals surface area contributed by atoms with Gasteiger partial charge in [-0.05, 0) is 23.1 Å². The Labute approximate surface area is 120 Å². The molecule has 3 N–H and O–H groups in total. The van der Waals surface area contributed by atoms with Gasteiger partial charge >= 0.3 is 6.18 Å². The van der Waals surface area contributed by atoms with Gasteiger partial charge in [0.1, 0.15) is 5.69 Å². The van der Waals surface area contributed by atoms with Crippen LogP contribution in [0.1, 0.15) is 20.9 Å². The summed E-state index contributed by atoms with van der Waals surface area (Å²) < 4.78 is 39.4. The number of aromatic nitrogens is 1. The van der Waals surface area contributed by atoms with Gasteiger partial charge in [0, 0.05) is 6.07 Å². The summed E-state index contributed by atoms with van der Waals surface area (Å²) in [5.74, 6) is 4.40. The number of nitrogens with two attached hydrogens (primary N) is 1. The first-order valence-electron chi connectivity index (χ1n) is 5.69. The van der Waals surface area contributed by atoms with Gasteiger partial charge in [-0.15, -0.1) is 11.3 Å². The molecule has 0 saturated heterocycles. The van der Waals surface area contributed by atoms with Crippen molar-refractivity contribution < 1.29 is 18.0 Å². The molecule has 0 spiro atoms. The van der Waals surface area contributed by atoms with Crippen molar-refractivity contribution in [3.8, 4) is 0 Å². The molecule has 5 nitrogen and oxygen atoms in total. The third-order valence-electron chi connectivity index (χ3n) is 2.75. The quantitative estimate of drug-likeness (QED) is 0.512. The number of pyridine rings is 1. The lowest BCUT2D eigenvalue weighted by molar-refractivity contribution is -0.144. The van der Waals surface area contributed by atoms with E-state index in [0.29, 0.717) is 10.1 Å². The summed E-state index contributed by atoms with van der Waals surface area (Å²) in [7, 11) is 0. The molecule has 0 radical (unpaired) electrons. The monoisotopic (exact) mass is 317 g/mol. The average molecular weight is 317 g/mol. The van der Waals surface area contributed by atoms with E-state index in [9.17, 15) is 22.8 Å². The standard InChI is InChI=1S/C12H10F3N3O2S/c13-12(14,15)8-2-1-3-9(19)18(8)6-7-4-5-21-10(7)11(20)17-16/h1-5H,6,16H2,(H,17,20). The Bertz CT molecular complexity index is 721. The molecule has 112 valence electrons. The van der Waals surface area contributed by atoms with Crippen molar-refractivity contribution in [3.05, 3.63) is 56.1 Å². The molecule has 9 heteroatoms. The molecule has 0 atom stereocenters. The van der Waals surface area contributed by atoms with Crippen LogP contribution in [0.5, 0.6) is 0 Å². The van der Waals surface area contributed by atoms with E-state index in [1.165, 1.54) is 6.07 Å². The highest BCUT2D eigenvalue weighted by Gasteiger charge is 2.34. The maximum atomic E-state index is 12.9. The van der Waals surface area contributed by atoms with E-state index in [1.807, 2.05) is 5.43 Å². The summed E-state index contributed by atoms with van der Waals surface area (Å²) in [5.41, 5.74) is 0.343. The van der Waals surface area contributed by atoms with E-state index in [2.05, 4.69) is 0 Å². The Morgan fingerprint density at radius 3 is 2.67 bits per heavy atom. The fraction of sp³-hybridized carbons (Fsp3) is 0.167. The molecular weight excluding hydrogens is 307 g/mol. The molecule has 21 heavy (non-hydrogen) atoms. The van der Waals surface area contributed by atoms with Crippen molar-refractivity contribution in [1.29, 1.82) is 0 Å². The summed E-state index contributed by atoms with van der Waals surface area (Å²) in [5, 5.41) is 1.54. The molecule has 1 amide bonds. The molecule has 0 saturated carbocycles. The highest BCUT2D eigenvalue weighted by Crippen LogP contribution is 2.29. The number of hydrazine groups is 1. The number of hydrogen-bond donors (Lipinski definition) is 2. The number of carbonyl (C=O) groups excluding carboxylic acids is 1. The van der Waals surface area contributed by atoms with Crippen LogP contribution in [0.25, 0.3) is 0 Å². The number of halogens is 3. The molecule has 0 aliphatic heterocycles. The summed E-state index contributed by atoms with van der Waals surface area (Å²) in [6.45, 7) is -0.360. The average Bonchev–Trinajstić information content (AvgIpc) is 2.87. The first-order valence-corrected chi connectivity index (χ1v) is 6.57. The predicted octanol–water partition coefficient (Wildman–Crippen LogP) is 1.58. The number of rotatable bonds is 3. The van der Waals surface area contributed by atoms with E-state index in [1.54, 1.807) is 5.38 Å². The number of alkyl halides is 3. The van der Waals surface area contributed by atoms with Crippen LogP contribution >= 0.6 is 11.3 Å². The zero-order chi connectivity index (χ0) is 15.6. The van der Waals surface area contributed by atoms with E-state index < -0.39 is 23.3 Å². The lowest BCUT2D eigenvalue weighted by atomic mass is 10.2. The van der Waals surface area contributed by atoms with Crippen LogP contribution in [0.15, 0.2) is 34.4 Å². The van der Waals surface area contributed by atoms with Gasteiger partial charge in [0.15, 0.2) is 0 Å². The highest BCUT2D eigenvalue weighted by atomic mass is 32.1. The molecule has 2 heterocycles. The molecule has 0 fully saturated rings. The van der Waals surface area contributed by atoms with Crippen molar-refractivity contribution in [3.63, 3.8) is 0 Å². The summed E-state index contributed by atoms with van der Waals surface area (Å²) >= 11 is 1.03.